The summed E-state index contributed by atoms with van der Waals surface area (Å²) in [6.07, 6.45) is 3.69. The summed E-state index contributed by atoms with van der Waals surface area (Å²) >= 11 is 0. The van der Waals surface area contributed by atoms with Gasteiger partial charge in [-0.2, -0.15) is 0 Å². The zero-order valence-corrected chi connectivity index (χ0v) is 17.4. The second kappa shape index (κ2) is 9.47. The Hall–Kier alpha value is -1.72. The molecule has 0 saturated heterocycles. The predicted molar refractivity (Wildman–Crippen MR) is 106 cm³/mol. The summed E-state index contributed by atoms with van der Waals surface area (Å²) in [5, 5.41) is 32.6. The number of ketones is 2. The maximum atomic E-state index is 13.0. The van der Waals surface area contributed by atoms with Crippen LogP contribution >= 0.6 is 0 Å². The second-order valence-corrected chi connectivity index (χ2v) is 8.07. The van der Waals surface area contributed by atoms with Crippen molar-refractivity contribution in [1.82, 2.24) is 0 Å². The molecule has 4 atom stereocenters. The van der Waals surface area contributed by atoms with E-state index in [1.54, 1.807) is 19.1 Å². The Morgan fingerprint density at radius 1 is 1.19 bits per heavy atom. The first kappa shape index (κ1) is 23.3. The van der Waals surface area contributed by atoms with Crippen LogP contribution in [0, 0.1) is 11.8 Å². The van der Waals surface area contributed by atoms with Crippen molar-refractivity contribution in [1.29, 1.82) is 0 Å². The van der Waals surface area contributed by atoms with Gasteiger partial charge in [0, 0.05) is 5.92 Å². The molecule has 0 amide bonds. The standard InChI is InChI=1S/C22H34O5/c1-7-8-15(6)19(24)18-20(25)16(11-9-13(2)3)22(27,21(18)26)17(23)12-10-14(4)5/h9-10,15-17,23,26-27H,7-8,11-12H2,1-6H3. The number of hydrogen-bond acceptors (Lipinski definition) is 5. The van der Waals surface area contributed by atoms with Crippen LogP contribution in [0.3, 0.4) is 0 Å². The maximum absolute atomic E-state index is 13.0. The van der Waals surface area contributed by atoms with Gasteiger partial charge in [-0.1, -0.05) is 43.6 Å². The smallest absolute Gasteiger partial charge is 0.176 e. The summed E-state index contributed by atoms with van der Waals surface area (Å²) in [4.78, 5) is 25.7. The van der Waals surface area contributed by atoms with Crippen LogP contribution < -0.4 is 0 Å². The van der Waals surface area contributed by atoms with Crippen molar-refractivity contribution in [3.63, 3.8) is 0 Å². The zero-order chi connectivity index (χ0) is 20.9. The molecular weight excluding hydrogens is 344 g/mol. The largest absolute Gasteiger partial charge is 0.508 e. The number of carbonyl (C=O) groups excluding carboxylic acids is 2. The average Bonchev–Trinajstić information content (AvgIpc) is 2.77. The third-order valence-electron chi connectivity index (χ3n) is 5.15. The minimum absolute atomic E-state index is 0.0769. The lowest BCUT2D eigenvalue weighted by molar-refractivity contribution is -0.134. The summed E-state index contributed by atoms with van der Waals surface area (Å²) in [7, 11) is 0. The molecule has 0 radical (unpaired) electrons. The lowest BCUT2D eigenvalue weighted by atomic mass is 9.80. The molecule has 0 bridgehead atoms. The van der Waals surface area contributed by atoms with Crippen LogP contribution in [0.4, 0.5) is 0 Å². The quantitative estimate of drug-likeness (QED) is 0.419. The number of carbonyl (C=O) groups is 2. The first-order chi connectivity index (χ1) is 12.5. The van der Waals surface area contributed by atoms with Gasteiger partial charge in [0.05, 0.1) is 12.0 Å². The highest BCUT2D eigenvalue weighted by molar-refractivity contribution is 6.24. The van der Waals surface area contributed by atoms with Crippen molar-refractivity contribution in [2.45, 2.75) is 78.9 Å². The first-order valence-corrected chi connectivity index (χ1v) is 9.67. The van der Waals surface area contributed by atoms with Crippen LogP contribution in [0.15, 0.2) is 34.6 Å². The van der Waals surface area contributed by atoms with Gasteiger partial charge in [0.15, 0.2) is 17.2 Å². The summed E-state index contributed by atoms with van der Waals surface area (Å²) < 4.78 is 0. The van der Waals surface area contributed by atoms with Crippen LogP contribution in [-0.2, 0) is 9.59 Å². The van der Waals surface area contributed by atoms with Crippen LogP contribution in [-0.4, -0.2) is 38.6 Å². The van der Waals surface area contributed by atoms with Gasteiger partial charge >= 0.3 is 0 Å². The van der Waals surface area contributed by atoms with Crippen molar-refractivity contribution in [2.24, 2.45) is 11.8 Å². The lowest BCUT2D eigenvalue weighted by Gasteiger charge is -2.33. The van der Waals surface area contributed by atoms with Gasteiger partial charge < -0.3 is 15.3 Å². The number of Topliss-reactive ketones (excluding diaryl/α,β-unsaturated/α-hetero) is 2. The molecule has 1 aliphatic carbocycles. The average molecular weight is 379 g/mol. The van der Waals surface area contributed by atoms with Gasteiger partial charge in [-0.05, 0) is 47.0 Å². The van der Waals surface area contributed by atoms with Gasteiger partial charge in [0.1, 0.15) is 11.3 Å². The van der Waals surface area contributed by atoms with E-state index in [-0.39, 0.29) is 18.4 Å². The molecule has 1 aliphatic rings. The highest BCUT2D eigenvalue weighted by atomic mass is 16.4. The minimum atomic E-state index is -2.16. The topological polar surface area (TPSA) is 94.8 Å². The molecular formula is C22H34O5. The van der Waals surface area contributed by atoms with Crippen LogP contribution in [0.2, 0.25) is 0 Å². The molecule has 5 nitrogen and oxygen atoms in total. The van der Waals surface area contributed by atoms with E-state index >= 15 is 0 Å². The molecule has 0 aliphatic heterocycles. The zero-order valence-electron chi connectivity index (χ0n) is 17.4. The maximum Gasteiger partial charge on any atom is 0.176 e. The summed E-state index contributed by atoms with van der Waals surface area (Å²) in [5.74, 6) is -3.25. The number of aliphatic hydroxyl groups excluding tert-OH is 2. The summed E-state index contributed by atoms with van der Waals surface area (Å²) in [6, 6.07) is 0. The third kappa shape index (κ3) is 4.96. The molecule has 152 valence electrons. The van der Waals surface area contributed by atoms with Gasteiger partial charge in [-0.15, -0.1) is 0 Å². The summed E-state index contributed by atoms with van der Waals surface area (Å²) in [5.41, 5.74) is -0.616. The summed E-state index contributed by atoms with van der Waals surface area (Å²) in [6.45, 7) is 11.1. The molecule has 0 fully saturated rings. The fourth-order valence-electron chi connectivity index (χ4n) is 3.46. The molecule has 4 unspecified atom stereocenters. The third-order valence-corrected chi connectivity index (χ3v) is 5.15. The Labute approximate surface area is 162 Å². The minimum Gasteiger partial charge on any atom is -0.508 e. The fraction of sp³-hybridized carbons (Fsp3) is 0.636. The first-order valence-electron chi connectivity index (χ1n) is 9.67. The van der Waals surface area contributed by atoms with Crippen LogP contribution in [0.5, 0.6) is 0 Å². The van der Waals surface area contributed by atoms with Crippen LogP contribution in [0.1, 0.15) is 67.2 Å². The molecule has 0 aromatic heterocycles. The van der Waals surface area contributed by atoms with Crippen molar-refractivity contribution in [3.05, 3.63) is 34.6 Å². The molecule has 0 aromatic carbocycles. The van der Waals surface area contributed by atoms with E-state index in [0.29, 0.717) is 6.42 Å². The predicted octanol–water partition coefficient (Wildman–Crippen LogP) is 3.81. The number of hydrogen-bond donors (Lipinski definition) is 3. The second-order valence-electron chi connectivity index (χ2n) is 8.07. The Morgan fingerprint density at radius 3 is 2.22 bits per heavy atom. The molecule has 0 saturated carbocycles. The highest BCUT2D eigenvalue weighted by Gasteiger charge is 2.58. The van der Waals surface area contributed by atoms with Crippen molar-refractivity contribution >= 4 is 11.6 Å². The van der Waals surface area contributed by atoms with E-state index in [4.69, 9.17) is 0 Å². The Kier molecular flexibility index (Phi) is 8.18. The molecule has 1 rings (SSSR count). The van der Waals surface area contributed by atoms with E-state index in [2.05, 4.69) is 0 Å². The van der Waals surface area contributed by atoms with E-state index in [9.17, 15) is 24.9 Å². The number of aliphatic hydroxyl groups is 3. The van der Waals surface area contributed by atoms with E-state index < -0.39 is 40.9 Å². The lowest BCUT2D eigenvalue weighted by Crippen LogP contribution is -2.49. The monoisotopic (exact) mass is 378 g/mol. The van der Waals surface area contributed by atoms with E-state index in [0.717, 1.165) is 17.6 Å². The van der Waals surface area contributed by atoms with Gasteiger partial charge in [-0.25, -0.2) is 0 Å². The fourth-order valence-corrected chi connectivity index (χ4v) is 3.46. The molecule has 0 spiro atoms. The van der Waals surface area contributed by atoms with E-state index in [1.165, 1.54) is 0 Å². The van der Waals surface area contributed by atoms with Gasteiger partial charge in [0.25, 0.3) is 0 Å². The van der Waals surface area contributed by atoms with E-state index in [1.807, 2.05) is 34.6 Å². The van der Waals surface area contributed by atoms with Crippen molar-refractivity contribution < 1.29 is 24.9 Å². The normalized spacial score (nSPS) is 24.6. The molecule has 0 heterocycles. The molecule has 5 heteroatoms. The van der Waals surface area contributed by atoms with Crippen molar-refractivity contribution in [3.8, 4) is 0 Å². The Bertz CT molecular complexity index is 662. The SMILES string of the molecule is CCCC(C)C(=O)C1=C(O)C(O)(C(O)CC=C(C)C)C(CC=C(C)C)C1=O. The number of rotatable bonds is 9. The molecule has 3 N–H and O–H groups in total. The Morgan fingerprint density at radius 2 is 1.74 bits per heavy atom. The van der Waals surface area contributed by atoms with Crippen LogP contribution in [0.25, 0.3) is 0 Å². The molecule has 27 heavy (non-hydrogen) atoms. The number of allylic oxidation sites excluding steroid dienone is 4. The Balaban J connectivity index is 3.41. The van der Waals surface area contributed by atoms with Gasteiger partial charge in [0.2, 0.25) is 0 Å². The highest BCUT2D eigenvalue weighted by Crippen LogP contribution is 2.43. The van der Waals surface area contributed by atoms with Crippen molar-refractivity contribution in [2.75, 3.05) is 0 Å². The van der Waals surface area contributed by atoms with Gasteiger partial charge in [-0.3, -0.25) is 9.59 Å². The molecule has 0 aromatic rings.